The van der Waals surface area contributed by atoms with Crippen LogP contribution < -0.4 is 5.32 Å². The Balaban J connectivity index is 1.56. The van der Waals surface area contributed by atoms with Crippen LogP contribution in [0.5, 0.6) is 0 Å². The molecule has 0 aliphatic carbocycles. The maximum Gasteiger partial charge on any atom is 0.287 e. The van der Waals surface area contributed by atoms with Crippen molar-refractivity contribution in [3.05, 3.63) is 47.7 Å². The molecule has 2 heterocycles. The van der Waals surface area contributed by atoms with Crippen molar-refractivity contribution >= 4 is 27.6 Å². The molecular formula is C22H26N2O2. The smallest absolute Gasteiger partial charge is 0.287 e. The Bertz CT molecular complexity index is 936. The maximum atomic E-state index is 12.8. The van der Waals surface area contributed by atoms with Crippen molar-refractivity contribution in [1.29, 1.82) is 0 Å². The van der Waals surface area contributed by atoms with Crippen LogP contribution in [-0.4, -0.2) is 36.5 Å². The van der Waals surface area contributed by atoms with Gasteiger partial charge in [0.1, 0.15) is 5.58 Å². The Labute approximate surface area is 154 Å². The molecule has 4 heteroatoms. The lowest BCUT2D eigenvalue weighted by Gasteiger charge is -2.31. The van der Waals surface area contributed by atoms with Gasteiger partial charge in [0.15, 0.2) is 5.76 Å². The Morgan fingerprint density at radius 2 is 1.92 bits per heavy atom. The second-order valence-corrected chi connectivity index (χ2v) is 7.31. The lowest BCUT2D eigenvalue weighted by molar-refractivity contribution is 0.0884. The number of benzene rings is 2. The van der Waals surface area contributed by atoms with Crippen molar-refractivity contribution in [2.45, 2.75) is 39.2 Å². The minimum absolute atomic E-state index is 0.0864. The Kier molecular flexibility index (Phi) is 4.68. The van der Waals surface area contributed by atoms with E-state index in [0.717, 1.165) is 59.8 Å². The molecule has 1 aromatic heterocycles. The molecule has 1 aliphatic heterocycles. The minimum Gasteiger partial charge on any atom is -0.450 e. The lowest BCUT2D eigenvalue weighted by Crippen LogP contribution is -2.44. The highest BCUT2D eigenvalue weighted by atomic mass is 16.3. The van der Waals surface area contributed by atoms with Gasteiger partial charge in [-0.1, -0.05) is 43.3 Å². The zero-order chi connectivity index (χ0) is 18.1. The largest absolute Gasteiger partial charge is 0.450 e. The summed E-state index contributed by atoms with van der Waals surface area (Å²) in [6.45, 7) is 7.45. The zero-order valence-corrected chi connectivity index (χ0v) is 15.5. The van der Waals surface area contributed by atoms with Gasteiger partial charge in [-0.25, -0.2) is 0 Å². The van der Waals surface area contributed by atoms with Gasteiger partial charge in [-0.05, 0) is 38.1 Å². The van der Waals surface area contributed by atoms with E-state index < -0.39 is 0 Å². The van der Waals surface area contributed by atoms with Gasteiger partial charge in [0, 0.05) is 35.5 Å². The maximum absolute atomic E-state index is 12.8. The van der Waals surface area contributed by atoms with Crippen LogP contribution in [0.15, 0.2) is 40.8 Å². The van der Waals surface area contributed by atoms with E-state index in [2.05, 4.69) is 35.3 Å². The number of aryl methyl sites for hydroxylation is 1. The van der Waals surface area contributed by atoms with Gasteiger partial charge in [-0.15, -0.1) is 0 Å². The quantitative estimate of drug-likeness (QED) is 0.753. The normalized spacial score (nSPS) is 16.4. The molecule has 4 rings (SSSR count). The number of carbonyl (C=O) groups is 1. The number of fused-ring (bicyclic) bond motifs is 3. The molecule has 1 saturated heterocycles. The summed E-state index contributed by atoms with van der Waals surface area (Å²) in [5.74, 6) is 0.365. The van der Waals surface area contributed by atoms with Crippen molar-refractivity contribution in [3.63, 3.8) is 0 Å². The molecule has 1 N–H and O–H groups in total. The molecule has 26 heavy (non-hydrogen) atoms. The van der Waals surface area contributed by atoms with Gasteiger partial charge in [-0.3, -0.25) is 4.79 Å². The van der Waals surface area contributed by atoms with E-state index >= 15 is 0 Å². The Morgan fingerprint density at radius 1 is 1.15 bits per heavy atom. The molecule has 4 nitrogen and oxygen atoms in total. The van der Waals surface area contributed by atoms with Crippen LogP contribution in [0.1, 0.15) is 42.3 Å². The summed E-state index contributed by atoms with van der Waals surface area (Å²) in [5.41, 5.74) is 1.73. The topological polar surface area (TPSA) is 45.5 Å². The molecule has 0 bridgehead atoms. The third-order valence-corrected chi connectivity index (χ3v) is 5.50. The van der Waals surface area contributed by atoms with E-state index in [0.29, 0.717) is 5.76 Å². The molecule has 3 aromatic rings. The highest BCUT2D eigenvalue weighted by Crippen LogP contribution is 2.31. The predicted molar refractivity (Wildman–Crippen MR) is 106 cm³/mol. The fraction of sp³-hybridized carbons (Fsp3) is 0.409. The lowest BCUT2D eigenvalue weighted by atomic mass is 10.0. The van der Waals surface area contributed by atoms with Crippen LogP contribution >= 0.6 is 0 Å². The Morgan fingerprint density at radius 3 is 2.69 bits per heavy atom. The number of hydrogen-bond acceptors (Lipinski definition) is 3. The van der Waals surface area contributed by atoms with Gasteiger partial charge >= 0.3 is 0 Å². The van der Waals surface area contributed by atoms with E-state index in [-0.39, 0.29) is 11.9 Å². The standard InChI is InChI=1S/C22H26N2O2/c1-3-12-24-13-10-17(11-14-24)23-22(25)20-15(2)18-9-8-16-6-4-5-7-19(16)21(18)26-20/h4-9,17H,3,10-14H2,1-2H3,(H,23,25). The highest BCUT2D eigenvalue weighted by Gasteiger charge is 2.24. The fourth-order valence-electron chi connectivity index (χ4n) is 4.03. The second kappa shape index (κ2) is 7.12. The first kappa shape index (κ1) is 17.1. The Hall–Kier alpha value is -2.33. The van der Waals surface area contributed by atoms with Crippen molar-refractivity contribution in [2.75, 3.05) is 19.6 Å². The minimum atomic E-state index is -0.0864. The van der Waals surface area contributed by atoms with Crippen LogP contribution in [0.3, 0.4) is 0 Å². The van der Waals surface area contributed by atoms with Crippen LogP contribution in [0.25, 0.3) is 21.7 Å². The number of nitrogens with one attached hydrogen (secondary N) is 1. The van der Waals surface area contributed by atoms with E-state index in [1.807, 2.05) is 25.1 Å². The molecule has 2 aromatic carbocycles. The van der Waals surface area contributed by atoms with E-state index in [4.69, 9.17) is 4.42 Å². The van der Waals surface area contributed by atoms with Crippen LogP contribution in [0, 0.1) is 6.92 Å². The number of furan rings is 1. The van der Waals surface area contributed by atoms with Crippen LogP contribution in [0.4, 0.5) is 0 Å². The summed E-state index contributed by atoms with van der Waals surface area (Å²) in [5, 5.41) is 6.39. The first-order valence-corrected chi connectivity index (χ1v) is 9.61. The molecular weight excluding hydrogens is 324 g/mol. The molecule has 1 amide bonds. The van der Waals surface area contributed by atoms with Gasteiger partial charge in [-0.2, -0.15) is 0 Å². The molecule has 0 saturated carbocycles. The predicted octanol–water partition coefficient (Wildman–Crippen LogP) is 4.50. The monoisotopic (exact) mass is 350 g/mol. The fourth-order valence-corrected chi connectivity index (χ4v) is 4.03. The van der Waals surface area contributed by atoms with Gasteiger partial charge in [0.2, 0.25) is 0 Å². The summed E-state index contributed by atoms with van der Waals surface area (Å²) in [4.78, 5) is 15.3. The van der Waals surface area contributed by atoms with Crippen molar-refractivity contribution < 1.29 is 9.21 Å². The first-order chi connectivity index (χ1) is 12.7. The van der Waals surface area contributed by atoms with Gasteiger partial charge in [0.05, 0.1) is 0 Å². The molecule has 0 unspecified atom stereocenters. The molecule has 136 valence electrons. The summed E-state index contributed by atoms with van der Waals surface area (Å²) in [6.07, 6.45) is 3.20. The summed E-state index contributed by atoms with van der Waals surface area (Å²) >= 11 is 0. The van der Waals surface area contributed by atoms with Crippen LogP contribution in [0.2, 0.25) is 0 Å². The third kappa shape index (κ3) is 3.10. The van der Waals surface area contributed by atoms with Crippen molar-refractivity contribution in [1.82, 2.24) is 10.2 Å². The first-order valence-electron chi connectivity index (χ1n) is 9.61. The van der Waals surface area contributed by atoms with Gasteiger partial charge in [0.25, 0.3) is 5.91 Å². The second-order valence-electron chi connectivity index (χ2n) is 7.31. The average Bonchev–Trinajstić information content (AvgIpc) is 3.01. The zero-order valence-electron chi connectivity index (χ0n) is 15.5. The number of rotatable bonds is 4. The number of amides is 1. The third-order valence-electron chi connectivity index (χ3n) is 5.50. The van der Waals surface area contributed by atoms with E-state index in [9.17, 15) is 4.79 Å². The molecule has 0 atom stereocenters. The molecule has 0 radical (unpaired) electrons. The van der Waals surface area contributed by atoms with E-state index in [1.54, 1.807) is 0 Å². The summed E-state index contributed by atoms with van der Waals surface area (Å²) < 4.78 is 6.05. The number of nitrogens with zero attached hydrogens (tertiary/aromatic N) is 1. The number of likely N-dealkylation sites (tertiary alicyclic amines) is 1. The van der Waals surface area contributed by atoms with Crippen LogP contribution in [-0.2, 0) is 0 Å². The SMILES string of the molecule is CCCN1CCC(NC(=O)c2oc3c(ccc4ccccc43)c2C)CC1. The number of hydrogen-bond donors (Lipinski definition) is 1. The summed E-state index contributed by atoms with van der Waals surface area (Å²) in [7, 11) is 0. The number of carbonyl (C=O) groups excluding carboxylic acids is 1. The molecule has 1 aliphatic rings. The van der Waals surface area contributed by atoms with E-state index in [1.165, 1.54) is 6.42 Å². The number of piperidine rings is 1. The molecule has 1 fully saturated rings. The van der Waals surface area contributed by atoms with Gasteiger partial charge < -0.3 is 14.6 Å². The molecule has 0 spiro atoms. The summed E-state index contributed by atoms with van der Waals surface area (Å²) in [6, 6.07) is 12.5. The van der Waals surface area contributed by atoms with Crippen molar-refractivity contribution in [3.8, 4) is 0 Å². The highest BCUT2D eigenvalue weighted by molar-refractivity contribution is 6.08. The average molecular weight is 350 g/mol. The van der Waals surface area contributed by atoms with Crippen molar-refractivity contribution in [2.24, 2.45) is 0 Å².